The molecule has 1 fully saturated rings. The first-order valence-corrected chi connectivity index (χ1v) is 7.24. The molecule has 1 aromatic rings. The number of hydrogen-bond donors (Lipinski definition) is 1. The van der Waals surface area contributed by atoms with E-state index in [1.54, 1.807) is 0 Å². The van der Waals surface area contributed by atoms with Crippen molar-refractivity contribution in [2.24, 2.45) is 7.05 Å². The van der Waals surface area contributed by atoms with Crippen molar-refractivity contribution in [1.82, 2.24) is 25.2 Å². The van der Waals surface area contributed by atoms with Crippen LogP contribution in [0, 0.1) is 0 Å². The Hall–Kier alpha value is -0.980. The Labute approximate surface area is 114 Å². The average Bonchev–Trinajstić information content (AvgIpc) is 3.05. The van der Waals surface area contributed by atoms with Gasteiger partial charge in [0.1, 0.15) is 5.69 Å². The molecule has 19 heavy (non-hydrogen) atoms. The summed E-state index contributed by atoms with van der Waals surface area (Å²) in [6.45, 7) is 6.92. The summed E-state index contributed by atoms with van der Waals surface area (Å²) in [6.07, 6.45) is 2.69. The summed E-state index contributed by atoms with van der Waals surface area (Å²) in [5.41, 5.74) is 2.31. The maximum Gasteiger partial charge on any atom is 0.100 e. The van der Waals surface area contributed by atoms with Gasteiger partial charge in [-0.15, -0.1) is 5.10 Å². The molecule has 0 aliphatic carbocycles. The van der Waals surface area contributed by atoms with Crippen LogP contribution in [0.25, 0.3) is 0 Å². The standard InChI is InChI=1S/C13H23N5O/c1-17-13-11(8-14-9-12(13)15-16-17)10-19-7-6-18-4-2-3-5-18/h11,14H,2-10H2,1H3. The number of ether oxygens (including phenoxy) is 1. The van der Waals surface area contributed by atoms with Gasteiger partial charge >= 0.3 is 0 Å². The first-order chi connectivity index (χ1) is 9.34. The van der Waals surface area contributed by atoms with Gasteiger partial charge in [0.15, 0.2) is 0 Å². The fraction of sp³-hybridized carbons (Fsp3) is 0.846. The molecule has 1 saturated heterocycles. The van der Waals surface area contributed by atoms with Gasteiger partial charge in [-0.2, -0.15) is 0 Å². The summed E-state index contributed by atoms with van der Waals surface area (Å²) in [7, 11) is 1.97. The topological polar surface area (TPSA) is 55.2 Å². The lowest BCUT2D eigenvalue weighted by Crippen LogP contribution is -2.33. The zero-order chi connectivity index (χ0) is 13.1. The van der Waals surface area contributed by atoms with Gasteiger partial charge in [-0.25, -0.2) is 0 Å². The predicted octanol–water partition coefficient (Wildman–Crippen LogP) is 0.114. The van der Waals surface area contributed by atoms with Gasteiger partial charge in [-0.1, -0.05) is 5.21 Å². The van der Waals surface area contributed by atoms with Gasteiger partial charge in [0.2, 0.25) is 0 Å². The maximum atomic E-state index is 5.87. The maximum absolute atomic E-state index is 5.87. The molecule has 0 radical (unpaired) electrons. The van der Waals surface area contributed by atoms with E-state index in [0.717, 1.165) is 38.5 Å². The summed E-state index contributed by atoms with van der Waals surface area (Å²) in [5.74, 6) is 0.377. The number of rotatable bonds is 5. The number of aryl methyl sites for hydroxylation is 1. The molecule has 3 heterocycles. The number of nitrogens with one attached hydrogen (secondary N) is 1. The van der Waals surface area contributed by atoms with Crippen LogP contribution in [-0.2, 0) is 18.3 Å². The van der Waals surface area contributed by atoms with E-state index in [0.29, 0.717) is 5.92 Å². The van der Waals surface area contributed by atoms with Crippen molar-refractivity contribution in [2.75, 3.05) is 39.4 Å². The molecule has 0 amide bonds. The summed E-state index contributed by atoms with van der Waals surface area (Å²) in [6, 6.07) is 0. The SMILES string of the molecule is Cn1nnc2c1C(COCCN1CCCC1)CNC2. The summed E-state index contributed by atoms with van der Waals surface area (Å²) in [5, 5.41) is 11.7. The van der Waals surface area contributed by atoms with E-state index in [1.165, 1.54) is 31.6 Å². The third-order valence-corrected chi connectivity index (χ3v) is 4.08. The van der Waals surface area contributed by atoms with E-state index in [9.17, 15) is 0 Å². The van der Waals surface area contributed by atoms with E-state index >= 15 is 0 Å². The Bertz CT molecular complexity index is 413. The van der Waals surface area contributed by atoms with Crippen LogP contribution in [0.5, 0.6) is 0 Å². The second kappa shape index (κ2) is 5.98. The summed E-state index contributed by atoms with van der Waals surface area (Å²) >= 11 is 0. The van der Waals surface area contributed by atoms with Crippen molar-refractivity contribution in [3.8, 4) is 0 Å². The molecule has 1 N–H and O–H groups in total. The van der Waals surface area contributed by atoms with Gasteiger partial charge in [0, 0.05) is 32.6 Å². The van der Waals surface area contributed by atoms with Gasteiger partial charge < -0.3 is 15.0 Å². The van der Waals surface area contributed by atoms with Crippen molar-refractivity contribution < 1.29 is 4.74 Å². The number of likely N-dealkylation sites (tertiary alicyclic amines) is 1. The third-order valence-electron chi connectivity index (χ3n) is 4.08. The van der Waals surface area contributed by atoms with Gasteiger partial charge in [0.25, 0.3) is 0 Å². The van der Waals surface area contributed by atoms with E-state index in [-0.39, 0.29) is 0 Å². The second-order valence-corrected chi connectivity index (χ2v) is 5.50. The number of fused-ring (bicyclic) bond motifs is 1. The van der Waals surface area contributed by atoms with Crippen LogP contribution in [0.4, 0.5) is 0 Å². The second-order valence-electron chi connectivity index (χ2n) is 5.50. The molecule has 106 valence electrons. The van der Waals surface area contributed by atoms with Crippen LogP contribution < -0.4 is 5.32 Å². The van der Waals surface area contributed by atoms with Gasteiger partial charge in [-0.3, -0.25) is 4.68 Å². The molecule has 2 aliphatic rings. The molecule has 1 atom stereocenters. The van der Waals surface area contributed by atoms with E-state index < -0.39 is 0 Å². The Kier molecular flexibility index (Phi) is 4.10. The van der Waals surface area contributed by atoms with Crippen LogP contribution >= 0.6 is 0 Å². The molecule has 1 unspecified atom stereocenters. The Balaban J connectivity index is 1.46. The molecule has 3 rings (SSSR count). The Morgan fingerprint density at radius 3 is 3.05 bits per heavy atom. The van der Waals surface area contributed by atoms with E-state index in [4.69, 9.17) is 4.74 Å². The highest BCUT2D eigenvalue weighted by atomic mass is 16.5. The van der Waals surface area contributed by atoms with Gasteiger partial charge in [0.05, 0.1) is 18.9 Å². The number of hydrogen-bond acceptors (Lipinski definition) is 5. The van der Waals surface area contributed by atoms with Crippen LogP contribution in [0.15, 0.2) is 0 Å². The highest BCUT2D eigenvalue weighted by molar-refractivity contribution is 5.19. The lowest BCUT2D eigenvalue weighted by atomic mass is 10.0. The number of aromatic nitrogens is 3. The first kappa shape index (κ1) is 13.0. The number of nitrogens with zero attached hydrogens (tertiary/aromatic N) is 4. The largest absolute Gasteiger partial charge is 0.379 e. The minimum atomic E-state index is 0.377. The normalized spacial score (nSPS) is 23.7. The lowest BCUT2D eigenvalue weighted by molar-refractivity contribution is 0.0959. The van der Waals surface area contributed by atoms with Crippen molar-refractivity contribution in [3.05, 3.63) is 11.4 Å². The minimum Gasteiger partial charge on any atom is -0.379 e. The third kappa shape index (κ3) is 2.96. The smallest absolute Gasteiger partial charge is 0.100 e. The quantitative estimate of drug-likeness (QED) is 0.766. The first-order valence-electron chi connectivity index (χ1n) is 7.24. The van der Waals surface area contributed by atoms with Crippen LogP contribution in [0.1, 0.15) is 30.1 Å². The molecule has 6 heteroatoms. The average molecular weight is 265 g/mol. The fourth-order valence-electron chi connectivity index (χ4n) is 3.06. The Morgan fingerprint density at radius 2 is 2.21 bits per heavy atom. The minimum absolute atomic E-state index is 0.377. The molecule has 0 aromatic carbocycles. The summed E-state index contributed by atoms with van der Waals surface area (Å²) < 4.78 is 7.76. The van der Waals surface area contributed by atoms with Gasteiger partial charge in [-0.05, 0) is 25.9 Å². The van der Waals surface area contributed by atoms with Crippen LogP contribution in [-0.4, -0.2) is 59.3 Å². The molecular formula is C13H23N5O. The molecular weight excluding hydrogens is 242 g/mol. The monoisotopic (exact) mass is 265 g/mol. The van der Waals surface area contributed by atoms with Crippen molar-refractivity contribution in [2.45, 2.75) is 25.3 Å². The van der Waals surface area contributed by atoms with E-state index in [1.807, 2.05) is 11.7 Å². The van der Waals surface area contributed by atoms with E-state index in [2.05, 4.69) is 20.5 Å². The Morgan fingerprint density at radius 1 is 1.37 bits per heavy atom. The molecule has 0 spiro atoms. The molecule has 1 aromatic heterocycles. The van der Waals surface area contributed by atoms with Crippen molar-refractivity contribution >= 4 is 0 Å². The van der Waals surface area contributed by atoms with Crippen molar-refractivity contribution in [1.29, 1.82) is 0 Å². The zero-order valence-electron chi connectivity index (χ0n) is 11.6. The summed E-state index contributed by atoms with van der Waals surface area (Å²) in [4.78, 5) is 2.48. The van der Waals surface area contributed by atoms with Crippen LogP contribution in [0.2, 0.25) is 0 Å². The van der Waals surface area contributed by atoms with Crippen LogP contribution in [0.3, 0.4) is 0 Å². The molecule has 6 nitrogen and oxygen atoms in total. The predicted molar refractivity (Wildman–Crippen MR) is 71.9 cm³/mol. The zero-order valence-corrected chi connectivity index (χ0v) is 11.6. The highest BCUT2D eigenvalue weighted by Gasteiger charge is 2.25. The fourth-order valence-corrected chi connectivity index (χ4v) is 3.06. The molecule has 0 saturated carbocycles. The lowest BCUT2D eigenvalue weighted by Gasteiger charge is -2.23. The van der Waals surface area contributed by atoms with Crippen molar-refractivity contribution in [3.63, 3.8) is 0 Å². The molecule has 2 aliphatic heterocycles. The highest BCUT2D eigenvalue weighted by Crippen LogP contribution is 2.21. The molecule has 0 bridgehead atoms.